The Morgan fingerprint density at radius 2 is 2.07 bits per heavy atom. The van der Waals surface area contributed by atoms with Gasteiger partial charge in [-0.1, -0.05) is 13.8 Å². The molecule has 5 heteroatoms. The molecule has 1 aliphatic heterocycles. The summed E-state index contributed by atoms with van der Waals surface area (Å²) in [5.41, 5.74) is 0. The summed E-state index contributed by atoms with van der Waals surface area (Å²) in [4.78, 5) is 23.4. The van der Waals surface area contributed by atoms with Gasteiger partial charge in [0.2, 0.25) is 0 Å². The number of carbonyl (C=O) groups excluding carboxylic acids is 2. The van der Waals surface area contributed by atoms with Gasteiger partial charge in [0.25, 0.3) is 0 Å². The second-order valence-electron chi connectivity index (χ2n) is 3.94. The number of esters is 2. The monoisotopic (exact) mass is 230 g/mol. The van der Waals surface area contributed by atoms with E-state index in [9.17, 15) is 9.59 Å². The standard InChI is InChI=1S/C10H18O4Si/c1-5-7-8(11)14-9(12)10(7,6-2)15(4)13-3/h7,15H,5-6H2,1-4H3. The third kappa shape index (κ3) is 1.63. The molecular formula is C10H18O4Si. The molecule has 0 saturated carbocycles. The Morgan fingerprint density at radius 3 is 2.47 bits per heavy atom. The van der Waals surface area contributed by atoms with Crippen LogP contribution in [-0.4, -0.2) is 28.1 Å². The largest absolute Gasteiger partial charge is 0.422 e. The normalized spacial score (nSPS) is 32.9. The van der Waals surface area contributed by atoms with Crippen molar-refractivity contribution in [2.75, 3.05) is 7.11 Å². The average molecular weight is 230 g/mol. The SMILES string of the molecule is CCC1C(=O)OC(=O)C1(CC)[SiH](C)OC. The van der Waals surface area contributed by atoms with Crippen LogP contribution in [0, 0.1) is 5.92 Å². The molecule has 0 spiro atoms. The molecule has 4 nitrogen and oxygen atoms in total. The van der Waals surface area contributed by atoms with Crippen LogP contribution in [0.3, 0.4) is 0 Å². The summed E-state index contributed by atoms with van der Waals surface area (Å²) >= 11 is 0. The number of hydrogen-bond acceptors (Lipinski definition) is 4. The summed E-state index contributed by atoms with van der Waals surface area (Å²) in [6.45, 7) is 5.78. The van der Waals surface area contributed by atoms with E-state index < -0.39 is 14.1 Å². The van der Waals surface area contributed by atoms with Crippen LogP contribution in [0.15, 0.2) is 0 Å². The lowest BCUT2D eigenvalue weighted by Crippen LogP contribution is -2.40. The molecule has 1 fully saturated rings. The van der Waals surface area contributed by atoms with Crippen molar-refractivity contribution in [3.8, 4) is 0 Å². The van der Waals surface area contributed by atoms with E-state index in [0.29, 0.717) is 12.8 Å². The van der Waals surface area contributed by atoms with Gasteiger partial charge in [-0.2, -0.15) is 0 Å². The fourth-order valence-corrected chi connectivity index (χ4v) is 4.80. The second kappa shape index (κ2) is 4.45. The van der Waals surface area contributed by atoms with Gasteiger partial charge in [-0.05, 0) is 19.4 Å². The van der Waals surface area contributed by atoms with Gasteiger partial charge in [-0.25, -0.2) is 0 Å². The van der Waals surface area contributed by atoms with Crippen LogP contribution >= 0.6 is 0 Å². The molecule has 15 heavy (non-hydrogen) atoms. The van der Waals surface area contributed by atoms with Crippen molar-refractivity contribution in [1.82, 2.24) is 0 Å². The summed E-state index contributed by atoms with van der Waals surface area (Å²) in [7, 11) is -0.129. The number of ether oxygens (including phenoxy) is 1. The first-order chi connectivity index (χ1) is 7.04. The first-order valence-corrected chi connectivity index (χ1v) is 7.53. The highest BCUT2D eigenvalue weighted by Gasteiger charge is 2.59. The smallest absolute Gasteiger partial charge is 0.319 e. The molecular weight excluding hydrogens is 212 g/mol. The van der Waals surface area contributed by atoms with Gasteiger partial charge in [0.05, 0.1) is 11.0 Å². The van der Waals surface area contributed by atoms with Gasteiger partial charge < -0.3 is 9.16 Å². The summed E-state index contributed by atoms with van der Waals surface area (Å²) in [6.07, 6.45) is 1.26. The Morgan fingerprint density at radius 1 is 1.47 bits per heavy atom. The van der Waals surface area contributed by atoms with E-state index in [1.165, 1.54) is 0 Å². The van der Waals surface area contributed by atoms with Crippen LogP contribution in [0.2, 0.25) is 11.6 Å². The number of rotatable bonds is 4. The predicted octanol–water partition coefficient (Wildman–Crippen LogP) is 1.25. The molecule has 0 radical (unpaired) electrons. The zero-order chi connectivity index (χ0) is 11.6. The molecule has 3 unspecified atom stereocenters. The van der Waals surface area contributed by atoms with Gasteiger partial charge in [0, 0.05) is 7.11 Å². The highest BCUT2D eigenvalue weighted by atomic mass is 28.3. The molecule has 0 amide bonds. The molecule has 0 N–H and O–H groups in total. The van der Waals surface area contributed by atoms with Crippen molar-refractivity contribution in [3.05, 3.63) is 0 Å². The third-order valence-electron chi connectivity index (χ3n) is 3.55. The van der Waals surface area contributed by atoms with Crippen molar-refractivity contribution >= 4 is 21.0 Å². The topological polar surface area (TPSA) is 52.6 Å². The fourth-order valence-electron chi connectivity index (χ4n) is 2.48. The van der Waals surface area contributed by atoms with Crippen LogP contribution in [-0.2, 0) is 18.8 Å². The van der Waals surface area contributed by atoms with Crippen LogP contribution < -0.4 is 0 Å². The van der Waals surface area contributed by atoms with Gasteiger partial charge in [0.15, 0.2) is 9.04 Å². The fraction of sp³-hybridized carbons (Fsp3) is 0.800. The van der Waals surface area contributed by atoms with Crippen LogP contribution in [0.5, 0.6) is 0 Å². The summed E-state index contributed by atoms with van der Waals surface area (Å²) < 4.78 is 10.1. The lowest BCUT2D eigenvalue weighted by molar-refractivity contribution is -0.153. The Kier molecular flexibility index (Phi) is 3.67. The van der Waals surface area contributed by atoms with Gasteiger partial charge in [-0.15, -0.1) is 0 Å². The Labute approximate surface area is 91.7 Å². The van der Waals surface area contributed by atoms with Crippen LogP contribution in [0.4, 0.5) is 0 Å². The first kappa shape index (κ1) is 12.4. The molecule has 0 aliphatic carbocycles. The van der Waals surface area contributed by atoms with E-state index in [2.05, 4.69) is 0 Å². The highest BCUT2D eigenvalue weighted by molar-refractivity contribution is 6.60. The van der Waals surface area contributed by atoms with Crippen molar-refractivity contribution in [2.45, 2.75) is 38.3 Å². The maximum atomic E-state index is 11.8. The Hall–Kier alpha value is -0.683. The maximum Gasteiger partial charge on any atom is 0.319 e. The predicted molar refractivity (Wildman–Crippen MR) is 57.9 cm³/mol. The summed E-state index contributed by atoms with van der Waals surface area (Å²) in [5, 5.41) is -0.652. The van der Waals surface area contributed by atoms with Gasteiger partial charge in [0.1, 0.15) is 0 Å². The Balaban J connectivity index is 3.14. The van der Waals surface area contributed by atoms with Crippen molar-refractivity contribution in [3.63, 3.8) is 0 Å². The molecule has 3 atom stereocenters. The minimum absolute atomic E-state index is 0.309. The third-order valence-corrected chi connectivity index (χ3v) is 6.76. The summed E-state index contributed by atoms with van der Waals surface area (Å²) in [5.74, 6) is -1.06. The maximum absolute atomic E-state index is 11.8. The van der Waals surface area contributed by atoms with Crippen LogP contribution in [0.1, 0.15) is 26.7 Å². The van der Waals surface area contributed by atoms with Crippen molar-refractivity contribution in [1.29, 1.82) is 0 Å². The quantitative estimate of drug-likeness (QED) is 0.414. The minimum Gasteiger partial charge on any atom is -0.422 e. The molecule has 0 aromatic heterocycles. The average Bonchev–Trinajstić information content (AvgIpc) is 2.48. The number of carbonyl (C=O) groups is 2. The second-order valence-corrected chi connectivity index (χ2v) is 6.73. The molecule has 0 aromatic rings. The summed E-state index contributed by atoms with van der Waals surface area (Å²) in [6, 6.07) is 0. The lowest BCUT2D eigenvalue weighted by atomic mass is 9.89. The lowest BCUT2D eigenvalue weighted by Gasteiger charge is -2.31. The van der Waals surface area contributed by atoms with E-state index in [1.807, 2.05) is 20.4 Å². The molecule has 1 heterocycles. The van der Waals surface area contributed by atoms with E-state index in [-0.39, 0.29) is 17.9 Å². The van der Waals surface area contributed by atoms with E-state index >= 15 is 0 Å². The van der Waals surface area contributed by atoms with Gasteiger partial charge in [-0.3, -0.25) is 9.59 Å². The van der Waals surface area contributed by atoms with Crippen molar-refractivity contribution < 1.29 is 18.8 Å². The zero-order valence-electron chi connectivity index (χ0n) is 9.70. The molecule has 0 bridgehead atoms. The first-order valence-electron chi connectivity index (χ1n) is 5.33. The molecule has 86 valence electrons. The molecule has 1 saturated heterocycles. The molecule has 1 rings (SSSR count). The molecule has 0 aromatic carbocycles. The van der Waals surface area contributed by atoms with Crippen LogP contribution in [0.25, 0.3) is 0 Å². The number of cyclic esters (lactones) is 2. The van der Waals surface area contributed by atoms with E-state index in [4.69, 9.17) is 9.16 Å². The highest BCUT2D eigenvalue weighted by Crippen LogP contribution is 2.50. The Bertz CT molecular complexity index is 279. The number of hydrogen-bond donors (Lipinski definition) is 0. The van der Waals surface area contributed by atoms with Crippen molar-refractivity contribution in [2.24, 2.45) is 5.92 Å². The van der Waals surface area contributed by atoms with Gasteiger partial charge >= 0.3 is 11.9 Å². The van der Waals surface area contributed by atoms with E-state index in [1.54, 1.807) is 7.11 Å². The zero-order valence-corrected chi connectivity index (χ0v) is 10.9. The minimum atomic E-state index is -1.74. The van der Waals surface area contributed by atoms with E-state index in [0.717, 1.165) is 0 Å². The molecule has 1 aliphatic rings.